The molecule has 0 atom stereocenters. The predicted octanol–water partition coefficient (Wildman–Crippen LogP) is 7.79. The van der Waals surface area contributed by atoms with Crippen molar-refractivity contribution >= 4 is 5.78 Å². The molecular weight excluding hydrogens is 332 g/mol. The summed E-state index contributed by atoms with van der Waals surface area (Å²) < 4.78 is 5.60. The summed E-state index contributed by atoms with van der Waals surface area (Å²) >= 11 is 0. The topological polar surface area (TPSA) is 26.3 Å². The standard InChI is InChI=1S/C14H12O2.C7H8.2C2H6/c1-11(15)12-7-9-14(10-8-12)16-13-5-3-2-4-6-13;1-2-4-6-7-5-3-1;2*1-2/h2-10H,1H3;1-6H,7H2;2*1-2H3. The van der Waals surface area contributed by atoms with Crippen LogP contribution in [-0.2, 0) is 0 Å². The van der Waals surface area contributed by atoms with Crippen LogP contribution in [0.4, 0.5) is 0 Å². The monoisotopic (exact) mass is 364 g/mol. The molecule has 0 spiro atoms. The third kappa shape index (κ3) is 11.4. The predicted molar refractivity (Wildman–Crippen MR) is 118 cm³/mol. The second-order valence-corrected chi connectivity index (χ2v) is 4.97. The van der Waals surface area contributed by atoms with Crippen molar-refractivity contribution in [3.63, 3.8) is 0 Å². The minimum Gasteiger partial charge on any atom is -0.457 e. The molecule has 2 nitrogen and oxygen atoms in total. The van der Waals surface area contributed by atoms with Gasteiger partial charge < -0.3 is 4.74 Å². The number of para-hydroxylation sites is 1. The van der Waals surface area contributed by atoms with Gasteiger partial charge in [0.2, 0.25) is 0 Å². The summed E-state index contributed by atoms with van der Waals surface area (Å²) in [6, 6.07) is 16.7. The SMILES string of the molecule is C1=CC=CCC=C1.CC.CC.CC(=O)c1ccc(Oc2ccccc2)cc1. The maximum Gasteiger partial charge on any atom is 0.159 e. The molecule has 0 bridgehead atoms. The summed E-state index contributed by atoms with van der Waals surface area (Å²) in [4.78, 5) is 11.1. The highest BCUT2D eigenvalue weighted by molar-refractivity contribution is 5.94. The molecule has 144 valence electrons. The van der Waals surface area contributed by atoms with Gasteiger partial charge in [-0.25, -0.2) is 0 Å². The van der Waals surface area contributed by atoms with E-state index in [1.54, 1.807) is 31.2 Å². The third-order valence-electron chi connectivity index (χ3n) is 3.12. The van der Waals surface area contributed by atoms with E-state index in [4.69, 9.17) is 4.74 Å². The van der Waals surface area contributed by atoms with Crippen molar-refractivity contribution in [3.05, 3.63) is 96.6 Å². The van der Waals surface area contributed by atoms with Gasteiger partial charge in [0, 0.05) is 5.56 Å². The maximum atomic E-state index is 11.1. The van der Waals surface area contributed by atoms with Gasteiger partial charge in [-0.1, -0.05) is 82.4 Å². The average molecular weight is 365 g/mol. The summed E-state index contributed by atoms with van der Waals surface area (Å²) in [5.41, 5.74) is 0.695. The maximum absolute atomic E-state index is 11.1. The van der Waals surface area contributed by atoms with Gasteiger partial charge in [-0.15, -0.1) is 0 Å². The Labute approximate surface area is 164 Å². The van der Waals surface area contributed by atoms with E-state index in [-0.39, 0.29) is 5.78 Å². The van der Waals surface area contributed by atoms with Gasteiger partial charge >= 0.3 is 0 Å². The summed E-state index contributed by atoms with van der Waals surface area (Å²) in [6.07, 6.45) is 13.5. The lowest BCUT2D eigenvalue weighted by molar-refractivity contribution is 0.101. The third-order valence-corrected chi connectivity index (χ3v) is 3.12. The molecule has 0 aliphatic heterocycles. The van der Waals surface area contributed by atoms with E-state index in [9.17, 15) is 4.79 Å². The largest absolute Gasteiger partial charge is 0.457 e. The number of hydrogen-bond acceptors (Lipinski definition) is 2. The van der Waals surface area contributed by atoms with E-state index in [2.05, 4.69) is 24.3 Å². The van der Waals surface area contributed by atoms with E-state index in [0.717, 1.165) is 17.9 Å². The quantitative estimate of drug-likeness (QED) is 0.519. The van der Waals surface area contributed by atoms with Crippen molar-refractivity contribution < 1.29 is 9.53 Å². The van der Waals surface area contributed by atoms with E-state index < -0.39 is 0 Å². The Kier molecular flexibility index (Phi) is 14.8. The Morgan fingerprint density at radius 1 is 0.704 bits per heavy atom. The molecule has 0 saturated heterocycles. The first-order chi connectivity index (χ1) is 13.3. The highest BCUT2D eigenvalue weighted by Crippen LogP contribution is 2.21. The van der Waals surface area contributed by atoms with E-state index >= 15 is 0 Å². The minimum absolute atomic E-state index is 0.0614. The highest BCUT2D eigenvalue weighted by atomic mass is 16.5. The number of ketones is 1. The molecular formula is C25H32O2. The Balaban J connectivity index is 0.000000514. The van der Waals surface area contributed by atoms with Crippen LogP contribution in [0.25, 0.3) is 0 Å². The molecule has 0 amide bonds. The number of rotatable bonds is 3. The lowest BCUT2D eigenvalue weighted by atomic mass is 10.1. The van der Waals surface area contributed by atoms with Crippen LogP contribution in [0.5, 0.6) is 11.5 Å². The first-order valence-corrected chi connectivity index (χ1v) is 9.58. The number of hydrogen-bond donors (Lipinski definition) is 0. The van der Waals surface area contributed by atoms with Crippen LogP contribution in [0.2, 0.25) is 0 Å². The van der Waals surface area contributed by atoms with Gasteiger partial charge in [-0.05, 0) is 49.7 Å². The molecule has 0 radical (unpaired) electrons. The number of carbonyl (C=O) groups excluding carboxylic acids is 1. The Hall–Kier alpha value is -2.87. The Bertz CT molecular complexity index is 679. The van der Waals surface area contributed by atoms with Crippen molar-refractivity contribution in [1.82, 2.24) is 0 Å². The molecule has 2 heteroatoms. The number of Topliss-reactive ketones (excluding diaryl/α,β-unsaturated/α-hetero) is 1. The fraction of sp³-hybridized carbons (Fsp3) is 0.240. The van der Waals surface area contributed by atoms with Crippen molar-refractivity contribution in [3.8, 4) is 11.5 Å². The normalized spacial score (nSPS) is 10.7. The van der Waals surface area contributed by atoms with Gasteiger partial charge in [0.1, 0.15) is 11.5 Å². The van der Waals surface area contributed by atoms with Crippen molar-refractivity contribution in [2.24, 2.45) is 0 Å². The number of carbonyl (C=O) groups is 1. The number of allylic oxidation sites excluding steroid dienone is 6. The first kappa shape index (κ1) is 24.1. The van der Waals surface area contributed by atoms with E-state index in [1.807, 2.05) is 70.2 Å². The molecule has 3 rings (SSSR count). The molecule has 0 N–H and O–H groups in total. The molecule has 0 fully saturated rings. The molecule has 0 heterocycles. The van der Waals surface area contributed by atoms with Gasteiger partial charge in [0.05, 0.1) is 0 Å². The molecule has 0 aromatic heterocycles. The minimum atomic E-state index is 0.0614. The summed E-state index contributed by atoms with van der Waals surface area (Å²) in [6.45, 7) is 9.55. The van der Waals surface area contributed by atoms with Gasteiger partial charge in [-0.2, -0.15) is 0 Å². The van der Waals surface area contributed by atoms with Gasteiger partial charge in [0.25, 0.3) is 0 Å². The molecule has 27 heavy (non-hydrogen) atoms. The zero-order chi connectivity index (χ0) is 20.3. The van der Waals surface area contributed by atoms with Crippen LogP contribution in [0.3, 0.4) is 0 Å². The van der Waals surface area contributed by atoms with Crippen LogP contribution in [0, 0.1) is 0 Å². The second-order valence-electron chi connectivity index (χ2n) is 4.97. The van der Waals surface area contributed by atoms with Gasteiger partial charge in [-0.3, -0.25) is 4.79 Å². The molecule has 1 aliphatic rings. The number of ether oxygens (including phenoxy) is 1. The van der Waals surface area contributed by atoms with Crippen molar-refractivity contribution in [1.29, 1.82) is 0 Å². The summed E-state index contributed by atoms with van der Waals surface area (Å²) in [5, 5.41) is 0. The summed E-state index contributed by atoms with van der Waals surface area (Å²) in [5.74, 6) is 1.58. The van der Waals surface area contributed by atoms with Crippen LogP contribution in [0.1, 0.15) is 51.4 Å². The van der Waals surface area contributed by atoms with Crippen molar-refractivity contribution in [2.75, 3.05) is 0 Å². The van der Waals surface area contributed by atoms with E-state index in [1.165, 1.54) is 0 Å². The molecule has 1 aliphatic carbocycles. The molecule has 0 saturated carbocycles. The fourth-order valence-electron chi connectivity index (χ4n) is 1.90. The lowest BCUT2D eigenvalue weighted by Crippen LogP contribution is -1.91. The second kappa shape index (κ2) is 16.6. The Morgan fingerprint density at radius 3 is 1.67 bits per heavy atom. The van der Waals surface area contributed by atoms with Crippen LogP contribution >= 0.6 is 0 Å². The van der Waals surface area contributed by atoms with Crippen LogP contribution in [0.15, 0.2) is 91.1 Å². The van der Waals surface area contributed by atoms with Crippen LogP contribution < -0.4 is 4.74 Å². The highest BCUT2D eigenvalue weighted by Gasteiger charge is 2.00. The van der Waals surface area contributed by atoms with Gasteiger partial charge in [0.15, 0.2) is 5.78 Å². The fourth-order valence-corrected chi connectivity index (χ4v) is 1.90. The zero-order valence-corrected chi connectivity index (χ0v) is 17.2. The van der Waals surface area contributed by atoms with E-state index in [0.29, 0.717) is 5.56 Å². The smallest absolute Gasteiger partial charge is 0.159 e. The molecule has 2 aromatic rings. The average Bonchev–Trinajstić information content (AvgIpc) is 3.06. The van der Waals surface area contributed by atoms with Crippen molar-refractivity contribution in [2.45, 2.75) is 41.0 Å². The number of benzene rings is 2. The lowest BCUT2D eigenvalue weighted by Gasteiger charge is -2.05. The summed E-state index contributed by atoms with van der Waals surface area (Å²) in [7, 11) is 0. The molecule has 2 aromatic carbocycles. The Morgan fingerprint density at radius 2 is 1.19 bits per heavy atom. The van der Waals surface area contributed by atoms with Crippen LogP contribution in [-0.4, -0.2) is 5.78 Å². The first-order valence-electron chi connectivity index (χ1n) is 9.58. The zero-order valence-electron chi connectivity index (χ0n) is 17.2. The molecule has 0 unspecified atom stereocenters.